The van der Waals surface area contributed by atoms with Crippen LogP contribution in [0.5, 0.6) is 0 Å². The van der Waals surface area contributed by atoms with Crippen LogP contribution in [0.3, 0.4) is 0 Å². The van der Waals surface area contributed by atoms with E-state index in [1.54, 1.807) is 13.8 Å². The van der Waals surface area contributed by atoms with Gasteiger partial charge >= 0.3 is 6.18 Å². The van der Waals surface area contributed by atoms with Crippen molar-refractivity contribution >= 4 is 0 Å². The molecule has 19 heavy (non-hydrogen) atoms. The topological polar surface area (TPSA) is 32.3 Å². The molecule has 108 valence electrons. The highest BCUT2D eigenvalue weighted by Crippen LogP contribution is 2.31. The summed E-state index contributed by atoms with van der Waals surface area (Å²) in [5.41, 5.74) is -1.86. The van der Waals surface area contributed by atoms with Crippen LogP contribution in [0.2, 0.25) is 0 Å². The van der Waals surface area contributed by atoms with E-state index in [4.69, 9.17) is 0 Å². The minimum atomic E-state index is -4.70. The number of alkyl halides is 3. The first-order valence-corrected chi connectivity index (χ1v) is 5.94. The zero-order valence-electron chi connectivity index (χ0n) is 10.8. The van der Waals surface area contributed by atoms with Gasteiger partial charge in [-0.05, 0) is 31.0 Å². The molecular weight excluding hydrogens is 262 g/mol. The highest BCUT2D eigenvalue weighted by Gasteiger charge is 2.34. The summed E-state index contributed by atoms with van der Waals surface area (Å²) in [5.74, 6) is -1.28. The molecule has 0 saturated carbocycles. The second-order valence-corrected chi connectivity index (χ2v) is 4.77. The van der Waals surface area contributed by atoms with Crippen LogP contribution in [0.4, 0.5) is 17.6 Å². The molecular formula is C13H17F4NO. The quantitative estimate of drug-likeness (QED) is 0.812. The van der Waals surface area contributed by atoms with E-state index in [2.05, 4.69) is 5.32 Å². The number of hydrogen-bond acceptors (Lipinski definition) is 2. The molecule has 0 aromatic heterocycles. The fraction of sp³-hybridized carbons (Fsp3) is 0.538. The molecule has 0 radical (unpaired) electrons. The molecule has 0 aliphatic rings. The maximum atomic E-state index is 13.1. The molecule has 1 rings (SSSR count). The molecule has 0 spiro atoms. The van der Waals surface area contributed by atoms with Crippen LogP contribution in [0.15, 0.2) is 18.2 Å². The summed E-state index contributed by atoms with van der Waals surface area (Å²) in [7, 11) is 0. The Morgan fingerprint density at radius 2 is 1.89 bits per heavy atom. The second kappa shape index (κ2) is 5.88. The van der Waals surface area contributed by atoms with Crippen molar-refractivity contribution in [1.82, 2.24) is 5.32 Å². The van der Waals surface area contributed by atoms with Crippen molar-refractivity contribution in [3.8, 4) is 0 Å². The van der Waals surface area contributed by atoms with Crippen molar-refractivity contribution in [2.45, 2.75) is 38.6 Å². The number of rotatable bonds is 5. The van der Waals surface area contributed by atoms with E-state index in [1.807, 2.05) is 0 Å². The summed E-state index contributed by atoms with van der Waals surface area (Å²) in [4.78, 5) is 0. The van der Waals surface area contributed by atoms with E-state index in [9.17, 15) is 22.7 Å². The molecule has 0 aliphatic carbocycles. The van der Waals surface area contributed by atoms with E-state index in [-0.39, 0.29) is 13.1 Å². The second-order valence-electron chi connectivity index (χ2n) is 4.77. The van der Waals surface area contributed by atoms with Gasteiger partial charge in [0.05, 0.1) is 11.2 Å². The molecule has 2 N–H and O–H groups in total. The molecule has 1 aromatic rings. The van der Waals surface area contributed by atoms with Crippen molar-refractivity contribution in [3.63, 3.8) is 0 Å². The Kier molecular flexibility index (Phi) is 4.92. The van der Waals surface area contributed by atoms with Gasteiger partial charge in [-0.25, -0.2) is 4.39 Å². The number of aliphatic hydroxyl groups is 1. The lowest BCUT2D eigenvalue weighted by atomic mass is 10.0. The normalized spacial score (nSPS) is 15.3. The lowest BCUT2D eigenvalue weighted by molar-refractivity contribution is -0.140. The molecule has 0 fully saturated rings. The van der Waals surface area contributed by atoms with Gasteiger partial charge in [-0.3, -0.25) is 0 Å². The van der Waals surface area contributed by atoms with Gasteiger partial charge in [-0.1, -0.05) is 13.0 Å². The highest BCUT2D eigenvalue weighted by molar-refractivity contribution is 5.27. The first-order chi connectivity index (χ1) is 8.65. The SMILES string of the molecule is CCC(C)(O)CNCc1ccc(F)c(C(F)(F)F)c1. The summed E-state index contributed by atoms with van der Waals surface area (Å²) >= 11 is 0. The minimum Gasteiger partial charge on any atom is -0.389 e. The number of benzene rings is 1. The third-order valence-electron chi connectivity index (χ3n) is 2.93. The van der Waals surface area contributed by atoms with Crippen LogP contribution in [-0.2, 0) is 12.7 Å². The Morgan fingerprint density at radius 3 is 2.42 bits per heavy atom. The summed E-state index contributed by atoms with van der Waals surface area (Å²) in [6, 6.07) is 2.87. The number of hydrogen-bond donors (Lipinski definition) is 2. The molecule has 1 aromatic carbocycles. The Balaban J connectivity index is 2.71. The minimum absolute atomic E-state index is 0.138. The molecule has 0 bridgehead atoms. The zero-order valence-corrected chi connectivity index (χ0v) is 10.8. The lowest BCUT2D eigenvalue weighted by Gasteiger charge is -2.21. The van der Waals surface area contributed by atoms with Gasteiger partial charge in [0.25, 0.3) is 0 Å². The molecule has 2 nitrogen and oxygen atoms in total. The van der Waals surface area contributed by atoms with E-state index in [0.29, 0.717) is 12.0 Å². The standard InChI is InChI=1S/C13H17F4NO/c1-3-12(2,19)8-18-7-9-4-5-11(14)10(6-9)13(15,16)17/h4-6,18-19H,3,7-8H2,1-2H3. The van der Waals surface area contributed by atoms with Crippen LogP contribution in [0, 0.1) is 5.82 Å². The average Bonchev–Trinajstić information content (AvgIpc) is 2.30. The molecule has 1 unspecified atom stereocenters. The molecule has 0 saturated heterocycles. The fourth-order valence-corrected chi connectivity index (χ4v) is 1.50. The van der Waals surface area contributed by atoms with E-state index in [0.717, 1.165) is 12.1 Å². The fourth-order valence-electron chi connectivity index (χ4n) is 1.50. The first-order valence-electron chi connectivity index (χ1n) is 5.94. The molecule has 1 atom stereocenters. The Hall–Kier alpha value is -1.14. The predicted octanol–water partition coefficient (Wildman–Crippen LogP) is 3.10. The van der Waals surface area contributed by atoms with Crippen LogP contribution in [-0.4, -0.2) is 17.3 Å². The number of nitrogens with one attached hydrogen (secondary N) is 1. The van der Waals surface area contributed by atoms with Gasteiger partial charge in [-0.15, -0.1) is 0 Å². The zero-order chi connectivity index (χ0) is 14.7. The van der Waals surface area contributed by atoms with Gasteiger partial charge in [0.15, 0.2) is 0 Å². The largest absolute Gasteiger partial charge is 0.419 e. The van der Waals surface area contributed by atoms with Crippen LogP contribution in [0.25, 0.3) is 0 Å². The summed E-state index contributed by atoms with van der Waals surface area (Å²) in [5, 5.41) is 12.6. The van der Waals surface area contributed by atoms with Crippen molar-refractivity contribution in [3.05, 3.63) is 35.1 Å². The van der Waals surface area contributed by atoms with Crippen LogP contribution < -0.4 is 5.32 Å². The molecule has 0 amide bonds. The van der Waals surface area contributed by atoms with Gasteiger partial charge in [0.1, 0.15) is 5.82 Å². The van der Waals surface area contributed by atoms with Crippen molar-refractivity contribution in [1.29, 1.82) is 0 Å². The first kappa shape index (κ1) is 15.9. The monoisotopic (exact) mass is 279 g/mol. The van der Waals surface area contributed by atoms with E-state index in [1.165, 1.54) is 6.07 Å². The lowest BCUT2D eigenvalue weighted by Crippen LogP contribution is -2.36. The summed E-state index contributed by atoms with van der Waals surface area (Å²) < 4.78 is 50.5. The Morgan fingerprint density at radius 1 is 1.26 bits per heavy atom. The smallest absolute Gasteiger partial charge is 0.389 e. The van der Waals surface area contributed by atoms with Gasteiger partial charge < -0.3 is 10.4 Å². The summed E-state index contributed by atoms with van der Waals surface area (Å²) in [6.45, 7) is 3.83. The van der Waals surface area contributed by atoms with Crippen LogP contribution in [0.1, 0.15) is 31.4 Å². The molecule has 0 heterocycles. The van der Waals surface area contributed by atoms with Crippen LogP contribution >= 0.6 is 0 Å². The third kappa shape index (κ3) is 4.80. The number of halogens is 4. The third-order valence-corrected chi connectivity index (χ3v) is 2.93. The summed E-state index contributed by atoms with van der Waals surface area (Å²) in [6.07, 6.45) is -4.17. The molecule has 6 heteroatoms. The molecule has 0 aliphatic heterocycles. The maximum absolute atomic E-state index is 13.1. The predicted molar refractivity (Wildman–Crippen MR) is 64.0 cm³/mol. The van der Waals surface area contributed by atoms with Gasteiger partial charge in [-0.2, -0.15) is 13.2 Å². The van der Waals surface area contributed by atoms with E-state index < -0.39 is 23.2 Å². The van der Waals surface area contributed by atoms with Crippen molar-refractivity contribution < 1.29 is 22.7 Å². The van der Waals surface area contributed by atoms with Gasteiger partial charge in [0.2, 0.25) is 0 Å². The Bertz CT molecular complexity index is 429. The van der Waals surface area contributed by atoms with Crippen molar-refractivity contribution in [2.75, 3.05) is 6.54 Å². The van der Waals surface area contributed by atoms with Gasteiger partial charge in [0, 0.05) is 13.1 Å². The van der Waals surface area contributed by atoms with Crippen molar-refractivity contribution in [2.24, 2.45) is 0 Å². The Labute approximate surface area is 109 Å². The van der Waals surface area contributed by atoms with E-state index >= 15 is 0 Å². The highest BCUT2D eigenvalue weighted by atomic mass is 19.4. The average molecular weight is 279 g/mol. The maximum Gasteiger partial charge on any atom is 0.419 e.